The zero-order chi connectivity index (χ0) is 11.2. The Morgan fingerprint density at radius 1 is 0.941 bits per heavy atom. The summed E-state index contributed by atoms with van der Waals surface area (Å²) in [5.74, 6) is 0. The summed E-state index contributed by atoms with van der Waals surface area (Å²) < 4.78 is 5.17. The van der Waals surface area contributed by atoms with Crippen molar-refractivity contribution in [3.63, 3.8) is 0 Å². The number of nitrogens with zero attached hydrogens (tertiary/aromatic N) is 3. The molecule has 0 aliphatic carbocycles. The van der Waals surface area contributed by atoms with Crippen LogP contribution in [0.4, 0.5) is 0 Å². The third-order valence-electron chi connectivity index (χ3n) is 2.97. The molecular formula is C13H7N3S. The average molecular weight is 237 g/mol. The van der Waals surface area contributed by atoms with E-state index >= 15 is 0 Å². The second-order valence-corrected chi connectivity index (χ2v) is 4.68. The maximum atomic E-state index is 4.46. The van der Waals surface area contributed by atoms with Crippen molar-refractivity contribution in [2.24, 2.45) is 0 Å². The molecule has 4 rings (SSSR count). The van der Waals surface area contributed by atoms with E-state index in [9.17, 15) is 0 Å². The molecule has 0 aliphatic rings. The Kier molecular flexibility index (Phi) is 1.70. The van der Waals surface area contributed by atoms with Crippen LogP contribution in [0.5, 0.6) is 0 Å². The van der Waals surface area contributed by atoms with Crippen LogP contribution in [0.2, 0.25) is 0 Å². The fourth-order valence-electron chi connectivity index (χ4n) is 2.19. The van der Waals surface area contributed by atoms with Crippen LogP contribution in [-0.4, -0.2) is 14.6 Å². The molecule has 0 unspecified atom stereocenters. The van der Waals surface area contributed by atoms with E-state index in [4.69, 9.17) is 0 Å². The number of fused-ring (bicyclic) bond motifs is 5. The first-order valence-electron chi connectivity index (χ1n) is 5.32. The number of aromatic nitrogens is 3. The first-order chi connectivity index (χ1) is 8.43. The summed E-state index contributed by atoms with van der Waals surface area (Å²) >= 11 is 1.44. The lowest BCUT2D eigenvalue weighted by molar-refractivity contribution is 1.20. The van der Waals surface area contributed by atoms with Crippen molar-refractivity contribution in [3.05, 3.63) is 42.6 Å². The molecule has 0 fully saturated rings. The van der Waals surface area contributed by atoms with Gasteiger partial charge in [0.2, 0.25) is 0 Å². The van der Waals surface area contributed by atoms with Gasteiger partial charge in [-0.05, 0) is 23.7 Å². The van der Waals surface area contributed by atoms with Crippen molar-refractivity contribution in [2.75, 3.05) is 0 Å². The van der Waals surface area contributed by atoms with Crippen LogP contribution < -0.4 is 0 Å². The molecule has 0 amide bonds. The number of hydrogen-bond acceptors (Lipinski definition) is 4. The van der Waals surface area contributed by atoms with Gasteiger partial charge in [-0.25, -0.2) is 0 Å². The van der Waals surface area contributed by atoms with E-state index in [-0.39, 0.29) is 0 Å². The molecule has 0 N–H and O–H groups in total. The van der Waals surface area contributed by atoms with Gasteiger partial charge in [0.05, 0.1) is 10.2 Å². The lowest BCUT2D eigenvalue weighted by atomic mass is 10.1. The average Bonchev–Trinajstić information content (AvgIpc) is 2.86. The second-order valence-electron chi connectivity index (χ2n) is 3.93. The topological polar surface area (TPSA) is 38.7 Å². The minimum Gasteiger partial charge on any atom is -0.256 e. The molecule has 4 heteroatoms. The highest BCUT2D eigenvalue weighted by atomic mass is 32.1. The molecule has 0 aliphatic heterocycles. The van der Waals surface area contributed by atoms with Gasteiger partial charge >= 0.3 is 0 Å². The maximum Gasteiger partial charge on any atom is 0.106 e. The van der Waals surface area contributed by atoms with E-state index in [0.717, 1.165) is 21.1 Å². The van der Waals surface area contributed by atoms with Crippen LogP contribution in [0.1, 0.15) is 0 Å². The van der Waals surface area contributed by atoms with E-state index in [1.807, 2.05) is 30.5 Å². The van der Waals surface area contributed by atoms with Gasteiger partial charge in [0.1, 0.15) is 5.52 Å². The predicted molar refractivity (Wildman–Crippen MR) is 70.2 cm³/mol. The Hall–Kier alpha value is -2.07. The van der Waals surface area contributed by atoms with Crippen LogP contribution in [-0.2, 0) is 0 Å². The molecular weight excluding hydrogens is 230 g/mol. The molecule has 0 atom stereocenters. The van der Waals surface area contributed by atoms with Gasteiger partial charge in [-0.1, -0.05) is 28.8 Å². The molecule has 0 radical (unpaired) electrons. The minimum absolute atomic E-state index is 0.957. The van der Waals surface area contributed by atoms with Gasteiger partial charge in [-0.2, -0.15) is 0 Å². The van der Waals surface area contributed by atoms with Gasteiger partial charge in [0.15, 0.2) is 0 Å². The number of hydrogen-bond donors (Lipinski definition) is 0. The van der Waals surface area contributed by atoms with Crippen LogP contribution in [0.25, 0.3) is 31.9 Å². The van der Waals surface area contributed by atoms with Crippen molar-refractivity contribution in [2.45, 2.75) is 0 Å². The van der Waals surface area contributed by atoms with Crippen LogP contribution in [0, 0.1) is 0 Å². The van der Waals surface area contributed by atoms with Crippen molar-refractivity contribution >= 4 is 43.4 Å². The monoisotopic (exact) mass is 237 g/mol. The van der Waals surface area contributed by atoms with Crippen molar-refractivity contribution in [1.29, 1.82) is 0 Å². The zero-order valence-electron chi connectivity index (χ0n) is 8.79. The highest BCUT2D eigenvalue weighted by Gasteiger charge is 2.08. The Balaban J connectivity index is 2.41. The van der Waals surface area contributed by atoms with Gasteiger partial charge in [-0.15, -0.1) is 5.10 Å². The first kappa shape index (κ1) is 9.01. The molecule has 2 aromatic carbocycles. The zero-order valence-corrected chi connectivity index (χ0v) is 9.61. The molecule has 0 spiro atoms. The standard InChI is InChI=1S/C13H7N3S/c1-2-4-10-9(3-1)12-8(7-14-10)5-6-11-13(12)17-16-15-11/h1-7H. The summed E-state index contributed by atoms with van der Waals surface area (Å²) in [6.07, 6.45) is 1.91. The summed E-state index contributed by atoms with van der Waals surface area (Å²) in [5, 5.41) is 7.64. The van der Waals surface area contributed by atoms with Gasteiger partial charge in [0, 0.05) is 22.4 Å². The fourth-order valence-corrected chi connectivity index (χ4v) is 2.92. The van der Waals surface area contributed by atoms with Gasteiger partial charge < -0.3 is 0 Å². The highest BCUT2D eigenvalue weighted by Crippen LogP contribution is 2.31. The molecule has 4 aromatic rings. The molecule has 0 saturated carbocycles. The summed E-state index contributed by atoms with van der Waals surface area (Å²) in [6, 6.07) is 12.2. The molecule has 0 bridgehead atoms. The van der Waals surface area contributed by atoms with Gasteiger partial charge in [-0.3, -0.25) is 4.98 Å². The molecule has 80 valence electrons. The van der Waals surface area contributed by atoms with E-state index in [1.54, 1.807) is 0 Å². The molecule has 0 saturated heterocycles. The van der Waals surface area contributed by atoms with Crippen LogP contribution >= 0.6 is 11.5 Å². The first-order valence-corrected chi connectivity index (χ1v) is 6.09. The smallest absolute Gasteiger partial charge is 0.106 e. The molecule has 3 nitrogen and oxygen atoms in total. The Morgan fingerprint density at radius 2 is 1.88 bits per heavy atom. The minimum atomic E-state index is 0.957. The van der Waals surface area contributed by atoms with Gasteiger partial charge in [0.25, 0.3) is 0 Å². The summed E-state index contributed by atoms with van der Waals surface area (Å²) in [6.45, 7) is 0. The van der Waals surface area contributed by atoms with E-state index in [0.29, 0.717) is 0 Å². The lowest BCUT2D eigenvalue weighted by Crippen LogP contribution is -1.81. The van der Waals surface area contributed by atoms with E-state index in [1.165, 1.54) is 22.3 Å². The van der Waals surface area contributed by atoms with Crippen LogP contribution in [0.3, 0.4) is 0 Å². The highest BCUT2D eigenvalue weighted by molar-refractivity contribution is 7.14. The van der Waals surface area contributed by atoms with Crippen molar-refractivity contribution in [1.82, 2.24) is 14.6 Å². The van der Waals surface area contributed by atoms with E-state index < -0.39 is 0 Å². The SMILES string of the molecule is c1ccc2c(c1)ncc1ccc3nnsc3c12. The number of pyridine rings is 1. The summed E-state index contributed by atoms with van der Waals surface area (Å²) in [5.41, 5.74) is 1.97. The van der Waals surface area contributed by atoms with Crippen LogP contribution in [0.15, 0.2) is 42.6 Å². The number of rotatable bonds is 0. The largest absolute Gasteiger partial charge is 0.256 e. The summed E-state index contributed by atoms with van der Waals surface area (Å²) in [7, 11) is 0. The molecule has 2 aromatic heterocycles. The Morgan fingerprint density at radius 3 is 2.88 bits per heavy atom. The quantitative estimate of drug-likeness (QED) is 0.440. The third-order valence-corrected chi connectivity index (χ3v) is 3.73. The fraction of sp³-hybridized carbons (Fsp3) is 0. The number of para-hydroxylation sites is 1. The second kappa shape index (κ2) is 3.21. The van der Waals surface area contributed by atoms with Crippen molar-refractivity contribution < 1.29 is 0 Å². The lowest BCUT2D eigenvalue weighted by Gasteiger charge is -2.02. The maximum absolute atomic E-state index is 4.46. The summed E-state index contributed by atoms with van der Waals surface area (Å²) in [4.78, 5) is 4.46. The predicted octanol–water partition coefficient (Wildman–Crippen LogP) is 3.39. The van der Waals surface area contributed by atoms with E-state index in [2.05, 4.69) is 26.7 Å². The van der Waals surface area contributed by atoms with Crippen molar-refractivity contribution in [3.8, 4) is 0 Å². The third kappa shape index (κ3) is 1.18. The normalized spacial score (nSPS) is 11.5. The Labute approximate surface area is 101 Å². The number of benzene rings is 2. The molecule has 2 heterocycles. The Bertz CT molecular complexity index is 851. The molecule has 17 heavy (non-hydrogen) atoms.